The maximum atomic E-state index is 5.18. The summed E-state index contributed by atoms with van der Waals surface area (Å²) in [5.41, 5.74) is 5.17. The maximum Gasteiger partial charge on any atom is 0.0874 e. The third-order valence-corrected chi connectivity index (χ3v) is 5.60. The highest BCUT2D eigenvalue weighted by atomic mass is 14.7. The summed E-state index contributed by atoms with van der Waals surface area (Å²) in [7, 11) is 0. The molecule has 0 N–H and O–H groups in total. The van der Waals surface area contributed by atoms with Gasteiger partial charge in [0.25, 0.3) is 0 Å². The van der Waals surface area contributed by atoms with Crippen molar-refractivity contribution in [1.82, 2.24) is 4.98 Å². The Bertz CT molecular complexity index is 1130. The van der Waals surface area contributed by atoms with Gasteiger partial charge in [-0.1, -0.05) is 115 Å². The zero-order chi connectivity index (χ0) is 19.5. The molecule has 1 heterocycles. The van der Waals surface area contributed by atoms with E-state index >= 15 is 0 Å². The zero-order valence-corrected chi connectivity index (χ0v) is 16.1. The summed E-state index contributed by atoms with van der Waals surface area (Å²) < 4.78 is 0. The molecule has 5 rings (SSSR count). The minimum atomic E-state index is -0.492. The van der Waals surface area contributed by atoms with Crippen molar-refractivity contribution in [3.05, 3.63) is 150 Å². The van der Waals surface area contributed by atoms with Crippen LogP contribution >= 0.6 is 0 Å². The van der Waals surface area contributed by atoms with E-state index in [2.05, 4.69) is 121 Å². The van der Waals surface area contributed by atoms with E-state index in [1.165, 1.54) is 16.7 Å². The Hall–Kier alpha value is -3.71. The van der Waals surface area contributed by atoms with Crippen LogP contribution in [-0.2, 0) is 5.41 Å². The van der Waals surface area contributed by atoms with E-state index in [-0.39, 0.29) is 0 Å². The predicted molar refractivity (Wildman–Crippen MR) is 120 cm³/mol. The van der Waals surface area contributed by atoms with Crippen LogP contribution in [0.15, 0.2) is 127 Å². The average Bonchev–Trinajstić information content (AvgIpc) is 2.82. The topological polar surface area (TPSA) is 12.9 Å². The monoisotopic (exact) mass is 371 g/mol. The molecule has 4 aromatic carbocycles. The van der Waals surface area contributed by atoms with Gasteiger partial charge < -0.3 is 0 Å². The molecule has 0 radical (unpaired) electrons. The SMILES string of the molecule is c1ccc(C(c2ccccc2)(c2ccccc2)c2ccc3ccccc3n2)cc1. The average molecular weight is 371 g/mol. The second-order valence-electron chi connectivity index (χ2n) is 7.24. The van der Waals surface area contributed by atoms with Crippen LogP contribution in [0, 0.1) is 0 Å². The van der Waals surface area contributed by atoms with Crippen molar-refractivity contribution < 1.29 is 0 Å². The van der Waals surface area contributed by atoms with E-state index < -0.39 is 5.41 Å². The Kier molecular flexibility index (Phi) is 4.42. The highest BCUT2D eigenvalue weighted by Crippen LogP contribution is 2.44. The molecule has 1 aromatic heterocycles. The van der Waals surface area contributed by atoms with Crippen LogP contribution in [0.5, 0.6) is 0 Å². The molecule has 0 amide bonds. The van der Waals surface area contributed by atoms with Crippen LogP contribution < -0.4 is 0 Å². The van der Waals surface area contributed by atoms with Gasteiger partial charge in [0.05, 0.1) is 16.6 Å². The van der Waals surface area contributed by atoms with Gasteiger partial charge in [-0.2, -0.15) is 0 Å². The third kappa shape index (κ3) is 2.92. The van der Waals surface area contributed by atoms with Crippen LogP contribution in [0.2, 0.25) is 0 Å². The number of benzene rings is 4. The fraction of sp³-hybridized carbons (Fsp3) is 0.0357. The first kappa shape index (κ1) is 17.4. The molecule has 0 spiro atoms. The van der Waals surface area contributed by atoms with E-state index in [9.17, 15) is 0 Å². The minimum Gasteiger partial charge on any atom is -0.251 e. The molecule has 0 aliphatic rings. The maximum absolute atomic E-state index is 5.18. The fourth-order valence-electron chi connectivity index (χ4n) is 4.28. The Morgan fingerprint density at radius 1 is 0.414 bits per heavy atom. The van der Waals surface area contributed by atoms with E-state index in [0.717, 1.165) is 16.6 Å². The Labute approximate surface area is 171 Å². The van der Waals surface area contributed by atoms with Crippen molar-refractivity contribution in [2.75, 3.05) is 0 Å². The number of para-hydroxylation sites is 1. The summed E-state index contributed by atoms with van der Waals surface area (Å²) >= 11 is 0. The first-order chi connectivity index (χ1) is 14.4. The van der Waals surface area contributed by atoms with Crippen LogP contribution in [0.1, 0.15) is 22.4 Å². The Morgan fingerprint density at radius 2 is 0.862 bits per heavy atom. The summed E-state index contributed by atoms with van der Waals surface area (Å²) in [5.74, 6) is 0. The van der Waals surface area contributed by atoms with Crippen molar-refractivity contribution in [2.45, 2.75) is 5.41 Å². The Balaban J connectivity index is 1.92. The molecule has 0 aliphatic heterocycles. The molecular formula is C28H21N. The lowest BCUT2D eigenvalue weighted by atomic mass is 9.67. The van der Waals surface area contributed by atoms with Gasteiger partial charge in [-0.25, -0.2) is 0 Å². The molecule has 5 aromatic rings. The Morgan fingerprint density at radius 3 is 1.38 bits per heavy atom. The minimum absolute atomic E-state index is 0.492. The summed E-state index contributed by atoms with van der Waals surface area (Å²) in [5, 5.41) is 1.15. The lowest BCUT2D eigenvalue weighted by Crippen LogP contribution is -2.32. The molecule has 1 nitrogen and oxygen atoms in total. The summed E-state index contributed by atoms with van der Waals surface area (Å²) in [4.78, 5) is 5.18. The highest BCUT2D eigenvalue weighted by Gasteiger charge is 2.39. The van der Waals surface area contributed by atoms with Gasteiger partial charge in [-0.15, -0.1) is 0 Å². The van der Waals surface area contributed by atoms with Gasteiger partial charge in [0, 0.05) is 5.39 Å². The van der Waals surface area contributed by atoms with Crippen LogP contribution in [0.25, 0.3) is 10.9 Å². The lowest BCUT2D eigenvalue weighted by molar-refractivity contribution is 0.719. The van der Waals surface area contributed by atoms with Crippen molar-refractivity contribution in [2.24, 2.45) is 0 Å². The fourth-order valence-corrected chi connectivity index (χ4v) is 4.28. The molecule has 0 aliphatic carbocycles. The van der Waals surface area contributed by atoms with Crippen LogP contribution in [0.3, 0.4) is 0 Å². The predicted octanol–water partition coefficient (Wildman–Crippen LogP) is 6.62. The number of nitrogens with zero attached hydrogens (tertiary/aromatic N) is 1. The van der Waals surface area contributed by atoms with Gasteiger partial charge >= 0.3 is 0 Å². The van der Waals surface area contributed by atoms with E-state index in [4.69, 9.17) is 4.98 Å². The number of fused-ring (bicyclic) bond motifs is 1. The largest absolute Gasteiger partial charge is 0.251 e. The smallest absolute Gasteiger partial charge is 0.0874 e. The highest BCUT2D eigenvalue weighted by molar-refractivity contribution is 5.79. The summed E-state index contributed by atoms with van der Waals surface area (Å²) in [6, 6.07) is 44.7. The van der Waals surface area contributed by atoms with Gasteiger partial charge in [-0.05, 0) is 28.8 Å². The molecule has 0 bridgehead atoms. The number of aromatic nitrogens is 1. The van der Waals surface area contributed by atoms with Gasteiger partial charge in [-0.3, -0.25) is 4.98 Å². The summed E-state index contributed by atoms with van der Waals surface area (Å²) in [6.45, 7) is 0. The molecule has 0 saturated carbocycles. The quantitative estimate of drug-likeness (QED) is 0.324. The molecule has 0 unspecified atom stereocenters. The van der Waals surface area contributed by atoms with Crippen LogP contribution in [0.4, 0.5) is 0 Å². The normalized spacial score (nSPS) is 11.4. The number of pyridine rings is 1. The zero-order valence-electron chi connectivity index (χ0n) is 16.1. The van der Waals surface area contributed by atoms with Gasteiger partial charge in [0.1, 0.15) is 0 Å². The molecule has 0 saturated heterocycles. The van der Waals surface area contributed by atoms with Gasteiger partial charge in [0.15, 0.2) is 0 Å². The van der Waals surface area contributed by atoms with Crippen molar-refractivity contribution in [1.29, 1.82) is 0 Å². The van der Waals surface area contributed by atoms with Crippen LogP contribution in [-0.4, -0.2) is 4.98 Å². The second kappa shape index (κ2) is 7.37. The second-order valence-corrected chi connectivity index (χ2v) is 7.24. The number of hydrogen-bond acceptors (Lipinski definition) is 1. The first-order valence-electron chi connectivity index (χ1n) is 9.92. The number of rotatable bonds is 4. The summed E-state index contributed by atoms with van der Waals surface area (Å²) in [6.07, 6.45) is 0. The lowest BCUT2D eigenvalue weighted by Gasteiger charge is -2.35. The first-order valence-corrected chi connectivity index (χ1v) is 9.92. The molecule has 1 heteroatoms. The molecule has 0 atom stereocenters. The third-order valence-electron chi connectivity index (χ3n) is 5.60. The molecule has 0 fully saturated rings. The van der Waals surface area contributed by atoms with Crippen molar-refractivity contribution in [3.63, 3.8) is 0 Å². The van der Waals surface area contributed by atoms with Crippen molar-refractivity contribution in [3.8, 4) is 0 Å². The molecule has 138 valence electrons. The van der Waals surface area contributed by atoms with E-state index in [1.54, 1.807) is 0 Å². The van der Waals surface area contributed by atoms with E-state index in [0.29, 0.717) is 0 Å². The van der Waals surface area contributed by atoms with E-state index in [1.807, 2.05) is 6.07 Å². The van der Waals surface area contributed by atoms with Gasteiger partial charge in [0.2, 0.25) is 0 Å². The molecule has 29 heavy (non-hydrogen) atoms. The van der Waals surface area contributed by atoms with Crippen molar-refractivity contribution >= 4 is 10.9 Å². The molecular weight excluding hydrogens is 350 g/mol. The number of hydrogen-bond donors (Lipinski definition) is 0. The standard InChI is InChI=1S/C28H21N/c1-4-13-23(14-5-1)28(24-15-6-2-7-16-24,25-17-8-3-9-18-25)27-21-20-22-12-10-11-19-26(22)29-27/h1-21H.